The maximum absolute atomic E-state index is 11.9. The van der Waals surface area contributed by atoms with Gasteiger partial charge in [0.1, 0.15) is 12.8 Å². The lowest BCUT2D eigenvalue weighted by Crippen LogP contribution is -2.41. The van der Waals surface area contributed by atoms with Crippen LogP contribution >= 0.6 is 0 Å². The van der Waals surface area contributed by atoms with Crippen LogP contribution in [0.5, 0.6) is 0 Å². The summed E-state index contributed by atoms with van der Waals surface area (Å²) in [5.41, 5.74) is 2.02. The molecule has 116 valence electrons. The Balaban J connectivity index is 2.46. The van der Waals surface area contributed by atoms with Crippen LogP contribution in [0.15, 0.2) is 42.5 Å². The second-order valence-corrected chi connectivity index (χ2v) is 5.22. The summed E-state index contributed by atoms with van der Waals surface area (Å²) in [6.07, 6.45) is -0.0373. The van der Waals surface area contributed by atoms with Gasteiger partial charge in [0, 0.05) is 12.5 Å². The van der Waals surface area contributed by atoms with Crippen molar-refractivity contribution in [1.29, 1.82) is 0 Å². The van der Waals surface area contributed by atoms with Gasteiger partial charge in [0.15, 0.2) is 0 Å². The average molecular weight is 291 g/mol. The van der Waals surface area contributed by atoms with E-state index in [-0.39, 0.29) is 18.8 Å². The summed E-state index contributed by atoms with van der Waals surface area (Å²) in [5.74, 6) is 0.145. The van der Waals surface area contributed by atoms with E-state index in [0.29, 0.717) is 6.61 Å². The Morgan fingerprint density at radius 2 is 2.00 bits per heavy atom. The van der Waals surface area contributed by atoms with Gasteiger partial charge in [0.2, 0.25) is 0 Å². The zero-order chi connectivity index (χ0) is 15.7. The van der Waals surface area contributed by atoms with Crippen LogP contribution in [-0.4, -0.2) is 18.9 Å². The number of benzene rings is 1. The second kappa shape index (κ2) is 9.19. The van der Waals surface area contributed by atoms with Gasteiger partial charge in [-0.2, -0.15) is 0 Å². The van der Waals surface area contributed by atoms with Crippen LogP contribution in [-0.2, 0) is 16.1 Å². The van der Waals surface area contributed by atoms with Gasteiger partial charge in [0.05, 0.1) is 0 Å². The number of ether oxygens (including phenoxy) is 2. The Bertz CT molecular complexity index is 445. The maximum atomic E-state index is 11.9. The molecule has 0 aliphatic carbocycles. The molecule has 2 unspecified atom stereocenters. The van der Waals surface area contributed by atoms with Crippen molar-refractivity contribution in [3.8, 4) is 0 Å². The molecule has 0 aliphatic rings. The molecule has 1 amide bonds. The minimum Gasteiger partial charge on any atom is -0.445 e. The van der Waals surface area contributed by atoms with Crippen molar-refractivity contribution in [1.82, 2.24) is 5.32 Å². The van der Waals surface area contributed by atoms with Crippen LogP contribution in [0.2, 0.25) is 0 Å². The molecule has 0 fully saturated rings. The number of allylic oxidation sites excluding steroid dienone is 1. The summed E-state index contributed by atoms with van der Waals surface area (Å²) in [6.45, 7) is 10.6. The molecule has 1 aromatic carbocycles. The van der Waals surface area contributed by atoms with Gasteiger partial charge in [-0.15, -0.1) is 6.58 Å². The number of carbonyl (C=O) groups is 1. The minimum absolute atomic E-state index is 0.145. The third-order valence-corrected chi connectivity index (χ3v) is 3.01. The molecule has 21 heavy (non-hydrogen) atoms. The molecular weight excluding hydrogens is 266 g/mol. The molecule has 0 saturated heterocycles. The van der Waals surface area contributed by atoms with E-state index in [1.54, 1.807) is 0 Å². The number of amides is 1. The summed E-state index contributed by atoms with van der Waals surface area (Å²) in [6, 6.07) is 9.57. The number of alkyl carbamates (subject to hydrolysis) is 1. The lowest BCUT2D eigenvalue weighted by molar-refractivity contribution is -0.000396. The molecule has 4 nitrogen and oxygen atoms in total. The molecule has 4 heteroatoms. The first-order chi connectivity index (χ1) is 10.0. The van der Waals surface area contributed by atoms with Gasteiger partial charge in [-0.1, -0.05) is 42.8 Å². The Morgan fingerprint density at radius 3 is 2.57 bits per heavy atom. The highest BCUT2D eigenvalue weighted by atomic mass is 16.6. The molecule has 0 aromatic heterocycles. The van der Waals surface area contributed by atoms with E-state index in [1.807, 2.05) is 51.1 Å². The topological polar surface area (TPSA) is 47.6 Å². The number of nitrogens with one attached hydrogen (secondary N) is 1. The fraction of sp³-hybridized carbons (Fsp3) is 0.471. The summed E-state index contributed by atoms with van der Waals surface area (Å²) >= 11 is 0. The van der Waals surface area contributed by atoms with Gasteiger partial charge in [-0.25, -0.2) is 4.79 Å². The first-order valence-electron chi connectivity index (χ1n) is 7.26. The van der Waals surface area contributed by atoms with Crippen molar-refractivity contribution in [2.45, 2.75) is 40.0 Å². The van der Waals surface area contributed by atoms with Crippen LogP contribution in [0.4, 0.5) is 4.79 Å². The Morgan fingerprint density at radius 1 is 1.33 bits per heavy atom. The van der Waals surface area contributed by atoms with Crippen LogP contribution in [0.1, 0.15) is 32.8 Å². The van der Waals surface area contributed by atoms with Crippen LogP contribution in [0.25, 0.3) is 0 Å². The van der Waals surface area contributed by atoms with E-state index in [9.17, 15) is 4.79 Å². The van der Waals surface area contributed by atoms with Crippen molar-refractivity contribution in [3.63, 3.8) is 0 Å². The van der Waals surface area contributed by atoms with Crippen LogP contribution in [0, 0.1) is 5.92 Å². The first kappa shape index (κ1) is 17.2. The zero-order valence-corrected chi connectivity index (χ0v) is 13.1. The largest absolute Gasteiger partial charge is 0.445 e. The van der Waals surface area contributed by atoms with E-state index in [2.05, 4.69) is 11.9 Å². The van der Waals surface area contributed by atoms with E-state index >= 15 is 0 Å². The molecule has 0 saturated carbocycles. The monoisotopic (exact) mass is 291 g/mol. The maximum Gasteiger partial charge on any atom is 0.409 e. The Kier molecular flexibility index (Phi) is 7.54. The van der Waals surface area contributed by atoms with Crippen LogP contribution < -0.4 is 5.32 Å². The fourth-order valence-corrected chi connectivity index (χ4v) is 2.07. The molecule has 0 bridgehead atoms. The normalized spacial score (nSPS) is 13.3. The predicted molar refractivity (Wildman–Crippen MR) is 83.8 cm³/mol. The molecule has 1 rings (SSSR count). The SMILES string of the molecule is C=C(C)CC(C)C(NC(=O)OCc1ccccc1)OCC. The Labute approximate surface area is 127 Å². The molecule has 1 N–H and O–H groups in total. The van der Waals surface area contributed by atoms with Crippen molar-refractivity contribution in [2.24, 2.45) is 5.92 Å². The molecule has 0 spiro atoms. The molecule has 0 heterocycles. The highest BCUT2D eigenvalue weighted by molar-refractivity contribution is 5.67. The molecular formula is C17H25NO3. The number of hydrogen-bond donors (Lipinski definition) is 1. The lowest BCUT2D eigenvalue weighted by atomic mass is 10.0. The predicted octanol–water partition coefficient (Wildman–Crippen LogP) is 3.88. The fourth-order valence-electron chi connectivity index (χ4n) is 2.07. The summed E-state index contributed by atoms with van der Waals surface area (Å²) in [7, 11) is 0. The van der Waals surface area contributed by atoms with E-state index < -0.39 is 6.09 Å². The van der Waals surface area contributed by atoms with Gasteiger partial charge in [-0.3, -0.25) is 5.32 Å². The van der Waals surface area contributed by atoms with E-state index in [1.165, 1.54) is 0 Å². The van der Waals surface area contributed by atoms with Gasteiger partial charge >= 0.3 is 6.09 Å². The molecule has 0 aliphatic heterocycles. The second-order valence-electron chi connectivity index (χ2n) is 5.22. The number of carbonyl (C=O) groups excluding carboxylic acids is 1. The summed E-state index contributed by atoms with van der Waals surface area (Å²) < 4.78 is 10.8. The summed E-state index contributed by atoms with van der Waals surface area (Å²) in [4.78, 5) is 11.9. The quantitative estimate of drug-likeness (QED) is 0.584. The van der Waals surface area contributed by atoms with Gasteiger partial charge < -0.3 is 9.47 Å². The van der Waals surface area contributed by atoms with Gasteiger partial charge in [-0.05, 0) is 25.8 Å². The smallest absolute Gasteiger partial charge is 0.409 e. The third-order valence-electron chi connectivity index (χ3n) is 3.01. The molecule has 1 aromatic rings. The Hall–Kier alpha value is -1.81. The average Bonchev–Trinajstić information content (AvgIpc) is 2.45. The van der Waals surface area contributed by atoms with Crippen molar-refractivity contribution in [3.05, 3.63) is 48.0 Å². The number of hydrogen-bond acceptors (Lipinski definition) is 3. The van der Waals surface area contributed by atoms with Crippen molar-refractivity contribution >= 4 is 6.09 Å². The highest BCUT2D eigenvalue weighted by Gasteiger charge is 2.20. The minimum atomic E-state index is -0.467. The highest BCUT2D eigenvalue weighted by Crippen LogP contribution is 2.15. The molecule has 2 atom stereocenters. The van der Waals surface area contributed by atoms with E-state index in [4.69, 9.17) is 9.47 Å². The van der Waals surface area contributed by atoms with E-state index in [0.717, 1.165) is 17.6 Å². The first-order valence-corrected chi connectivity index (χ1v) is 7.26. The molecule has 0 radical (unpaired) electrons. The van der Waals surface area contributed by atoms with Crippen LogP contribution in [0.3, 0.4) is 0 Å². The third kappa shape index (κ3) is 6.95. The number of rotatable bonds is 8. The zero-order valence-electron chi connectivity index (χ0n) is 13.1. The summed E-state index contributed by atoms with van der Waals surface area (Å²) in [5, 5.41) is 2.77. The standard InChI is InChI=1S/C17H25NO3/c1-5-20-16(14(4)11-13(2)3)18-17(19)21-12-15-9-7-6-8-10-15/h6-10,14,16H,2,5,11-12H2,1,3-4H3,(H,18,19). The lowest BCUT2D eigenvalue weighted by Gasteiger charge is -2.24. The van der Waals surface area contributed by atoms with Gasteiger partial charge in [0.25, 0.3) is 0 Å². The van der Waals surface area contributed by atoms with Crippen molar-refractivity contribution in [2.75, 3.05) is 6.61 Å². The van der Waals surface area contributed by atoms with Crippen molar-refractivity contribution < 1.29 is 14.3 Å².